The third kappa shape index (κ3) is 3.11. The molecule has 0 aliphatic heterocycles. The zero-order valence-corrected chi connectivity index (χ0v) is 7.43. The molecule has 1 aromatic carbocycles. The molecule has 1 aromatic rings. The molecule has 1 atom stereocenters. The molecule has 0 aliphatic rings. The van der Waals surface area contributed by atoms with Gasteiger partial charge in [0.15, 0.2) is 0 Å². The quantitative estimate of drug-likeness (QED) is 0.767. The van der Waals surface area contributed by atoms with Crippen LogP contribution in [0.25, 0.3) is 0 Å². The highest BCUT2D eigenvalue weighted by Crippen LogP contribution is 2.12. The van der Waals surface area contributed by atoms with Crippen LogP contribution in [-0.2, 0) is 6.42 Å². The summed E-state index contributed by atoms with van der Waals surface area (Å²) < 4.78 is 25.4. The normalized spacial score (nSPS) is 12.9. The maximum atomic E-state index is 13.0. The zero-order chi connectivity index (χ0) is 9.84. The van der Waals surface area contributed by atoms with Gasteiger partial charge in [-0.3, -0.25) is 0 Å². The van der Waals surface area contributed by atoms with Gasteiger partial charge in [0.05, 0.1) is 6.10 Å². The highest BCUT2D eigenvalue weighted by Gasteiger charge is 2.04. The van der Waals surface area contributed by atoms with Crippen molar-refractivity contribution in [2.75, 3.05) is 0 Å². The smallest absolute Gasteiger partial charge is 0.129 e. The molecule has 13 heavy (non-hydrogen) atoms. The van der Waals surface area contributed by atoms with Crippen LogP contribution in [0.2, 0.25) is 0 Å². The van der Waals surface area contributed by atoms with Gasteiger partial charge in [0, 0.05) is 6.07 Å². The molecule has 1 N–H and O–H groups in total. The molecule has 0 fully saturated rings. The van der Waals surface area contributed by atoms with Crippen molar-refractivity contribution in [3.63, 3.8) is 0 Å². The second-order valence-corrected chi connectivity index (χ2v) is 3.12. The molecule has 1 nitrogen and oxygen atoms in total. The van der Waals surface area contributed by atoms with Gasteiger partial charge in [-0.05, 0) is 31.4 Å². The molecule has 0 amide bonds. The van der Waals surface area contributed by atoms with E-state index in [9.17, 15) is 8.78 Å². The first kappa shape index (κ1) is 10.1. The lowest BCUT2D eigenvalue weighted by atomic mass is 10.1. The van der Waals surface area contributed by atoms with Crippen molar-refractivity contribution >= 4 is 0 Å². The van der Waals surface area contributed by atoms with Crippen molar-refractivity contribution in [3.8, 4) is 0 Å². The maximum Gasteiger partial charge on any atom is 0.129 e. The number of benzene rings is 1. The average Bonchev–Trinajstić information content (AvgIpc) is 2.02. The fourth-order valence-corrected chi connectivity index (χ4v) is 1.09. The lowest BCUT2D eigenvalue weighted by Crippen LogP contribution is -2.02. The summed E-state index contributed by atoms with van der Waals surface area (Å²) in [6.07, 6.45) is 0.469. The van der Waals surface area contributed by atoms with Crippen LogP contribution < -0.4 is 0 Å². The summed E-state index contributed by atoms with van der Waals surface area (Å²) in [5, 5.41) is 8.96. The predicted molar refractivity (Wildman–Crippen MR) is 46.4 cm³/mol. The largest absolute Gasteiger partial charge is 0.393 e. The Kier molecular flexibility index (Phi) is 3.37. The first-order valence-corrected chi connectivity index (χ1v) is 4.21. The lowest BCUT2D eigenvalue weighted by Gasteiger charge is -2.04. The molecule has 0 aliphatic carbocycles. The van der Waals surface area contributed by atoms with E-state index >= 15 is 0 Å². The Bertz CT molecular complexity index is 284. The molecule has 0 spiro atoms. The van der Waals surface area contributed by atoms with E-state index in [2.05, 4.69) is 0 Å². The molecular formula is C10H12F2O. The van der Waals surface area contributed by atoms with Gasteiger partial charge in [0.1, 0.15) is 11.6 Å². The van der Waals surface area contributed by atoms with E-state index in [1.165, 1.54) is 12.1 Å². The van der Waals surface area contributed by atoms with E-state index in [1.807, 2.05) is 0 Å². The molecule has 72 valence electrons. The summed E-state index contributed by atoms with van der Waals surface area (Å²) in [7, 11) is 0. The van der Waals surface area contributed by atoms with E-state index in [0.717, 1.165) is 6.07 Å². The molecule has 0 bridgehead atoms. The van der Waals surface area contributed by atoms with Crippen molar-refractivity contribution in [2.24, 2.45) is 0 Å². The molecule has 0 radical (unpaired) electrons. The number of aliphatic hydroxyl groups excluding tert-OH is 1. The summed E-state index contributed by atoms with van der Waals surface area (Å²) in [6, 6.07) is 3.49. The van der Waals surface area contributed by atoms with Gasteiger partial charge in [-0.1, -0.05) is 6.07 Å². The van der Waals surface area contributed by atoms with Crippen LogP contribution in [0.3, 0.4) is 0 Å². The number of halogens is 2. The highest BCUT2D eigenvalue weighted by molar-refractivity contribution is 5.18. The number of aliphatic hydroxyl groups is 1. The Morgan fingerprint density at radius 3 is 2.62 bits per heavy atom. The average molecular weight is 186 g/mol. The number of hydrogen-bond acceptors (Lipinski definition) is 1. The van der Waals surface area contributed by atoms with Gasteiger partial charge in [-0.15, -0.1) is 0 Å². The Hall–Kier alpha value is -0.960. The first-order chi connectivity index (χ1) is 6.09. The molecule has 0 saturated carbocycles. The number of aryl methyl sites for hydroxylation is 1. The minimum Gasteiger partial charge on any atom is -0.393 e. The standard InChI is InChI=1S/C10H12F2O/c1-7(13)2-3-8-4-5-9(11)6-10(8)12/h4-7,13H,2-3H2,1H3/t7-/m1/s1. The van der Waals surface area contributed by atoms with Crippen LogP contribution in [-0.4, -0.2) is 11.2 Å². The Morgan fingerprint density at radius 2 is 2.08 bits per heavy atom. The fourth-order valence-electron chi connectivity index (χ4n) is 1.09. The summed E-state index contributed by atoms with van der Waals surface area (Å²) in [6.45, 7) is 1.64. The van der Waals surface area contributed by atoms with E-state index in [0.29, 0.717) is 18.4 Å². The van der Waals surface area contributed by atoms with Crippen LogP contribution >= 0.6 is 0 Å². The van der Waals surface area contributed by atoms with Crippen molar-refractivity contribution < 1.29 is 13.9 Å². The van der Waals surface area contributed by atoms with Gasteiger partial charge in [0.2, 0.25) is 0 Å². The van der Waals surface area contributed by atoms with Crippen molar-refractivity contribution in [1.29, 1.82) is 0 Å². The second kappa shape index (κ2) is 4.33. The third-order valence-electron chi connectivity index (χ3n) is 1.85. The van der Waals surface area contributed by atoms with Crippen LogP contribution in [0.4, 0.5) is 8.78 Å². The topological polar surface area (TPSA) is 20.2 Å². The summed E-state index contributed by atoms with van der Waals surface area (Å²) >= 11 is 0. The van der Waals surface area contributed by atoms with Crippen LogP contribution in [0.5, 0.6) is 0 Å². The Labute approximate surface area is 76.0 Å². The molecule has 0 unspecified atom stereocenters. The summed E-state index contributed by atoms with van der Waals surface area (Å²) in [5.41, 5.74) is 0.447. The molecule has 1 rings (SSSR count). The lowest BCUT2D eigenvalue weighted by molar-refractivity contribution is 0.184. The first-order valence-electron chi connectivity index (χ1n) is 4.21. The van der Waals surface area contributed by atoms with Crippen molar-refractivity contribution in [1.82, 2.24) is 0 Å². The van der Waals surface area contributed by atoms with E-state index in [1.54, 1.807) is 6.92 Å². The highest BCUT2D eigenvalue weighted by atomic mass is 19.1. The van der Waals surface area contributed by atoms with Crippen LogP contribution in [0.1, 0.15) is 18.9 Å². The second-order valence-electron chi connectivity index (χ2n) is 3.12. The number of hydrogen-bond donors (Lipinski definition) is 1. The Balaban J connectivity index is 2.67. The molecule has 0 saturated heterocycles. The number of rotatable bonds is 3. The van der Waals surface area contributed by atoms with Gasteiger partial charge in [-0.2, -0.15) is 0 Å². The molecule has 0 aromatic heterocycles. The molecular weight excluding hydrogens is 174 g/mol. The van der Waals surface area contributed by atoms with E-state index in [-0.39, 0.29) is 0 Å². The SMILES string of the molecule is C[C@@H](O)CCc1ccc(F)cc1F. The van der Waals surface area contributed by atoms with Crippen LogP contribution in [0.15, 0.2) is 18.2 Å². The van der Waals surface area contributed by atoms with Crippen molar-refractivity contribution in [3.05, 3.63) is 35.4 Å². The summed E-state index contributed by atoms with van der Waals surface area (Å²) in [5.74, 6) is -1.11. The molecule has 3 heteroatoms. The monoisotopic (exact) mass is 186 g/mol. The zero-order valence-electron chi connectivity index (χ0n) is 7.43. The minimum atomic E-state index is -0.571. The van der Waals surface area contributed by atoms with Gasteiger partial charge >= 0.3 is 0 Å². The van der Waals surface area contributed by atoms with Crippen molar-refractivity contribution in [2.45, 2.75) is 25.9 Å². The van der Waals surface area contributed by atoms with Gasteiger partial charge in [-0.25, -0.2) is 8.78 Å². The third-order valence-corrected chi connectivity index (χ3v) is 1.85. The predicted octanol–water partition coefficient (Wildman–Crippen LogP) is 2.28. The van der Waals surface area contributed by atoms with E-state index < -0.39 is 17.7 Å². The van der Waals surface area contributed by atoms with Crippen LogP contribution in [0, 0.1) is 11.6 Å². The Morgan fingerprint density at radius 1 is 1.38 bits per heavy atom. The van der Waals surface area contributed by atoms with E-state index in [4.69, 9.17) is 5.11 Å². The van der Waals surface area contributed by atoms with Gasteiger partial charge in [0.25, 0.3) is 0 Å². The summed E-state index contributed by atoms with van der Waals surface area (Å²) in [4.78, 5) is 0. The molecule has 0 heterocycles. The minimum absolute atomic E-state index is 0.434. The van der Waals surface area contributed by atoms with Gasteiger partial charge < -0.3 is 5.11 Å². The fraction of sp³-hybridized carbons (Fsp3) is 0.400. The maximum absolute atomic E-state index is 13.0.